The largest absolute Gasteiger partial charge is 0.480 e. The van der Waals surface area contributed by atoms with Gasteiger partial charge in [0.15, 0.2) is 0 Å². The van der Waals surface area contributed by atoms with E-state index in [0.29, 0.717) is 22.7 Å². The van der Waals surface area contributed by atoms with E-state index < -0.39 is 0 Å². The zero-order chi connectivity index (χ0) is 18.5. The fourth-order valence-corrected chi connectivity index (χ4v) is 3.39. The maximum Gasteiger partial charge on any atom is 0.232 e. The smallest absolute Gasteiger partial charge is 0.232 e. The zero-order valence-corrected chi connectivity index (χ0v) is 16.4. The molecule has 0 bridgehead atoms. The Morgan fingerprint density at radius 2 is 1.85 bits per heavy atom. The molecule has 0 spiro atoms. The maximum atomic E-state index is 6.17. The molecule has 1 fully saturated rings. The van der Waals surface area contributed by atoms with Crippen LogP contribution in [-0.4, -0.2) is 25.3 Å². The normalized spacial score (nSPS) is 16.1. The van der Waals surface area contributed by atoms with E-state index in [4.69, 9.17) is 21.1 Å². The number of halogens is 1. The van der Waals surface area contributed by atoms with Gasteiger partial charge in [0, 0.05) is 18.8 Å². The molecular formula is C22H26ClNO2. The lowest BCUT2D eigenvalue weighted by atomic mass is 9.91. The Hall–Kier alpha value is -1.84. The summed E-state index contributed by atoms with van der Waals surface area (Å²) in [5.74, 6) is 1.47. The van der Waals surface area contributed by atoms with E-state index in [0.717, 1.165) is 42.9 Å². The summed E-state index contributed by atoms with van der Waals surface area (Å²) in [6.07, 6.45) is 4.42. The Morgan fingerprint density at radius 1 is 1.15 bits per heavy atom. The van der Waals surface area contributed by atoms with Crippen LogP contribution in [0, 0.1) is 5.92 Å². The van der Waals surface area contributed by atoms with Crippen LogP contribution in [0.25, 0.3) is 5.57 Å². The molecule has 1 aromatic heterocycles. The molecule has 0 aliphatic carbocycles. The fraction of sp³-hybridized carbons (Fsp3) is 0.409. The minimum absolute atomic E-state index is 0.459. The van der Waals surface area contributed by atoms with Crippen molar-refractivity contribution in [2.75, 3.05) is 20.3 Å². The quantitative estimate of drug-likeness (QED) is 0.673. The highest BCUT2D eigenvalue weighted by molar-refractivity contribution is 6.31. The Balaban J connectivity index is 2.02. The van der Waals surface area contributed by atoms with Crippen molar-refractivity contribution in [1.82, 2.24) is 4.98 Å². The number of methoxy groups -OCH3 is 1. The van der Waals surface area contributed by atoms with Crippen molar-refractivity contribution in [3.05, 3.63) is 64.3 Å². The Morgan fingerprint density at radius 3 is 2.46 bits per heavy atom. The van der Waals surface area contributed by atoms with E-state index in [9.17, 15) is 0 Å². The van der Waals surface area contributed by atoms with Crippen molar-refractivity contribution >= 4 is 17.2 Å². The molecule has 0 N–H and O–H groups in total. The maximum absolute atomic E-state index is 6.17. The number of hydrogen-bond acceptors (Lipinski definition) is 3. The number of hydrogen-bond donors (Lipinski definition) is 0. The summed E-state index contributed by atoms with van der Waals surface area (Å²) in [5, 5.41) is 0.525. The van der Waals surface area contributed by atoms with Crippen LogP contribution in [0.3, 0.4) is 0 Å². The van der Waals surface area contributed by atoms with Crippen LogP contribution in [0.5, 0.6) is 5.88 Å². The van der Waals surface area contributed by atoms with Crippen LogP contribution in [0.15, 0.2) is 42.5 Å². The minimum atomic E-state index is 0.459. The van der Waals surface area contributed by atoms with Gasteiger partial charge in [-0.05, 0) is 47.9 Å². The number of aromatic nitrogens is 1. The van der Waals surface area contributed by atoms with Gasteiger partial charge in [0.25, 0.3) is 0 Å². The highest BCUT2D eigenvalue weighted by Crippen LogP contribution is 2.31. The molecule has 1 aliphatic rings. The van der Waals surface area contributed by atoms with Crippen molar-refractivity contribution in [3.63, 3.8) is 0 Å². The number of ether oxygens (including phenoxy) is 2. The second-order valence-electron chi connectivity index (χ2n) is 6.99. The first-order valence-corrected chi connectivity index (χ1v) is 9.57. The van der Waals surface area contributed by atoms with Crippen molar-refractivity contribution in [2.45, 2.75) is 32.6 Å². The van der Waals surface area contributed by atoms with E-state index in [1.807, 2.05) is 12.1 Å². The summed E-state index contributed by atoms with van der Waals surface area (Å²) in [4.78, 5) is 4.64. The van der Waals surface area contributed by atoms with Gasteiger partial charge >= 0.3 is 0 Å². The monoisotopic (exact) mass is 371 g/mol. The summed E-state index contributed by atoms with van der Waals surface area (Å²) in [5.41, 5.74) is 4.51. The van der Waals surface area contributed by atoms with Gasteiger partial charge in [-0.2, -0.15) is 0 Å². The van der Waals surface area contributed by atoms with E-state index >= 15 is 0 Å². The first kappa shape index (κ1) is 18.9. The van der Waals surface area contributed by atoms with Crippen molar-refractivity contribution < 1.29 is 9.47 Å². The second kappa shape index (κ2) is 8.70. The lowest BCUT2D eigenvalue weighted by Crippen LogP contribution is -2.14. The van der Waals surface area contributed by atoms with Gasteiger partial charge in [0.2, 0.25) is 5.88 Å². The molecule has 3 nitrogen and oxygen atoms in total. The minimum Gasteiger partial charge on any atom is -0.480 e. The molecule has 1 saturated heterocycles. The molecule has 2 heterocycles. The van der Waals surface area contributed by atoms with Crippen LogP contribution < -0.4 is 4.74 Å². The molecule has 138 valence electrons. The predicted molar refractivity (Wildman–Crippen MR) is 107 cm³/mol. The molecule has 3 rings (SSSR count). The van der Waals surface area contributed by atoms with Gasteiger partial charge < -0.3 is 9.47 Å². The van der Waals surface area contributed by atoms with Gasteiger partial charge in [-0.15, -0.1) is 0 Å². The van der Waals surface area contributed by atoms with E-state index in [2.05, 4.69) is 49.2 Å². The molecule has 0 radical (unpaired) electrons. The third-order valence-electron chi connectivity index (χ3n) is 4.84. The first-order chi connectivity index (χ1) is 12.6. The Kier molecular flexibility index (Phi) is 6.33. The fourth-order valence-electron chi connectivity index (χ4n) is 3.21. The van der Waals surface area contributed by atoms with Gasteiger partial charge in [0.05, 0.1) is 12.8 Å². The number of nitrogens with zero attached hydrogens (tertiary/aromatic N) is 1. The summed E-state index contributed by atoms with van der Waals surface area (Å²) < 4.78 is 10.8. The number of allylic oxidation sites excluding steroid dienone is 1. The van der Waals surface area contributed by atoms with E-state index in [1.165, 1.54) is 5.56 Å². The lowest BCUT2D eigenvalue weighted by Gasteiger charge is -2.21. The van der Waals surface area contributed by atoms with Crippen LogP contribution in [0.2, 0.25) is 5.02 Å². The summed E-state index contributed by atoms with van der Waals surface area (Å²) in [6.45, 7) is 6.05. The van der Waals surface area contributed by atoms with Crippen LogP contribution in [0.1, 0.15) is 49.4 Å². The Labute approximate surface area is 161 Å². The molecule has 1 aromatic carbocycles. The average molecular weight is 372 g/mol. The third kappa shape index (κ3) is 4.46. The molecule has 1 aliphatic heterocycles. The summed E-state index contributed by atoms with van der Waals surface area (Å²) in [7, 11) is 1.59. The van der Waals surface area contributed by atoms with Crippen LogP contribution >= 0.6 is 11.6 Å². The first-order valence-electron chi connectivity index (χ1n) is 9.19. The van der Waals surface area contributed by atoms with Gasteiger partial charge in [-0.3, -0.25) is 0 Å². The van der Waals surface area contributed by atoms with E-state index in [-0.39, 0.29) is 0 Å². The summed E-state index contributed by atoms with van der Waals surface area (Å²) in [6, 6.07) is 12.6. The molecule has 0 amide bonds. The molecule has 2 aromatic rings. The third-order valence-corrected chi connectivity index (χ3v) is 5.13. The van der Waals surface area contributed by atoms with Crippen molar-refractivity contribution in [3.8, 4) is 5.88 Å². The van der Waals surface area contributed by atoms with Crippen molar-refractivity contribution in [1.29, 1.82) is 0 Å². The van der Waals surface area contributed by atoms with Crippen LogP contribution in [0.4, 0.5) is 0 Å². The Bertz CT molecular complexity index is 762. The average Bonchev–Trinajstić information content (AvgIpc) is 2.67. The standard InChI is InChI=1S/C22H26ClNO2/c1-15(2)17-4-6-18(7-5-17)19(14-16-10-12-26-13-11-16)21-9-8-20(23)22(24-21)25-3/h4-9,14-16H,10-13H2,1-3H3. The molecule has 26 heavy (non-hydrogen) atoms. The van der Waals surface area contributed by atoms with Crippen molar-refractivity contribution in [2.24, 2.45) is 5.92 Å². The second-order valence-corrected chi connectivity index (χ2v) is 7.40. The molecular weight excluding hydrogens is 346 g/mol. The van der Waals surface area contributed by atoms with Gasteiger partial charge in [-0.25, -0.2) is 4.98 Å². The number of pyridine rings is 1. The lowest BCUT2D eigenvalue weighted by molar-refractivity contribution is 0.0786. The van der Waals surface area contributed by atoms with E-state index in [1.54, 1.807) is 7.11 Å². The highest BCUT2D eigenvalue weighted by Gasteiger charge is 2.16. The SMILES string of the molecule is COc1nc(C(=CC2CCOCC2)c2ccc(C(C)C)cc2)ccc1Cl. The molecule has 4 heteroatoms. The highest BCUT2D eigenvalue weighted by atomic mass is 35.5. The number of benzene rings is 1. The topological polar surface area (TPSA) is 31.4 Å². The van der Waals surface area contributed by atoms with Gasteiger partial charge in [0.1, 0.15) is 5.02 Å². The molecule has 0 unspecified atom stereocenters. The predicted octanol–water partition coefficient (Wildman–Crippen LogP) is 5.73. The molecule has 0 saturated carbocycles. The van der Waals surface area contributed by atoms with Crippen LogP contribution in [-0.2, 0) is 4.74 Å². The van der Waals surface area contributed by atoms with Gasteiger partial charge in [-0.1, -0.05) is 55.8 Å². The number of rotatable bonds is 5. The zero-order valence-electron chi connectivity index (χ0n) is 15.7. The summed E-state index contributed by atoms with van der Waals surface area (Å²) >= 11 is 6.17. The molecule has 0 atom stereocenters.